The van der Waals surface area contributed by atoms with E-state index in [1.165, 1.54) is 70.1 Å². The van der Waals surface area contributed by atoms with Crippen LogP contribution in [0.2, 0.25) is 0 Å². The Kier molecular flexibility index (Phi) is 53.0. The Morgan fingerprint density at radius 1 is 0.698 bits per heavy atom. The summed E-state index contributed by atoms with van der Waals surface area (Å²) in [5.41, 5.74) is 1.99. The Morgan fingerprint density at radius 3 is 1.34 bits per heavy atom. The molecule has 0 aromatic heterocycles. The second kappa shape index (κ2) is 40.9. The number of halogens is 1. The number of unbranched alkanes of at least 4 members (excludes halogenated alkanes) is 3. The van der Waals surface area contributed by atoms with E-state index in [4.69, 9.17) is 9.84 Å². The minimum atomic E-state index is -0.646. The molecule has 2 aliphatic rings. The summed E-state index contributed by atoms with van der Waals surface area (Å²) < 4.78 is 5.22. The van der Waals surface area contributed by atoms with E-state index in [0.717, 1.165) is 31.2 Å². The molecule has 1 unspecified atom stereocenters. The molecule has 0 heterocycles. The Morgan fingerprint density at radius 2 is 1.06 bits per heavy atom. The monoisotopic (exact) mass is 814 g/mol. The molecule has 2 aliphatic carbocycles. The molecule has 0 spiro atoms. The number of esters is 1. The lowest BCUT2D eigenvalue weighted by molar-refractivity contribution is -0.150. The van der Waals surface area contributed by atoms with Crippen molar-refractivity contribution in [1.29, 1.82) is 0 Å². The number of rotatable bonds is 15. The molecular weight excluding hydrogens is 722 g/mol. The normalized spacial score (nSPS) is 13.1. The fourth-order valence-corrected chi connectivity index (χ4v) is 4.19. The molecule has 1 atom stereocenters. The van der Waals surface area contributed by atoms with Crippen LogP contribution in [0.25, 0.3) is 0 Å². The van der Waals surface area contributed by atoms with Gasteiger partial charge in [-0.2, -0.15) is 0 Å². The van der Waals surface area contributed by atoms with Crippen LogP contribution in [-0.2, 0) is 20.9 Å². The molecule has 5 nitrogen and oxygen atoms in total. The maximum Gasteiger partial charge on any atom is 0.312 e. The highest BCUT2D eigenvalue weighted by Crippen LogP contribution is 2.46. The van der Waals surface area contributed by atoms with E-state index in [-0.39, 0.29) is 78.3 Å². The first-order chi connectivity index (χ1) is 22.0. The van der Waals surface area contributed by atoms with Gasteiger partial charge in [-0.05, 0) is 102 Å². The van der Waals surface area contributed by atoms with Crippen molar-refractivity contribution in [2.24, 2.45) is 10.8 Å². The van der Waals surface area contributed by atoms with Crippen molar-refractivity contribution in [3.63, 3.8) is 0 Å². The van der Waals surface area contributed by atoms with E-state index in [0.29, 0.717) is 12.5 Å². The molecular formula is C47H92BrNO4. The standard InChI is InChI=1S/C12H27N.C12H14O2.C10H14.C5H8O2.C2H5.6CH4.BrH/c1-4-7-10-13(11-8-5-2)12-9-6-3;1-12(7-8-12)11(13)14-9-10-5-3-2-4-6-10;1-3-9(2)10-7-5-4-6-8-10;1-5(2-3-5)4(6)7;1-2;;;;;;;/h4-12H2,1-3H3;2-6H,7-9H2,1H3;4-9H,3H2,1-2H3;2-3H2,1H3,(H,6,7);1H2,2H3;6*1H4;1H/q;;;;+1;;;;;;;/p-1. The van der Waals surface area contributed by atoms with Crippen molar-refractivity contribution in [3.05, 3.63) is 78.7 Å². The smallest absolute Gasteiger partial charge is 0.312 e. The first kappa shape index (κ1) is 68.7. The molecule has 1 N–H and O–H groups in total. The minimum absolute atomic E-state index is 0. The van der Waals surface area contributed by atoms with Gasteiger partial charge in [0.1, 0.15) is 6.61 Å². The summed E-state index contributed by atoms with van der Waals surface area (Å²) in [6.45, 7) is 24.4. The lowest BCUT2D eigenvalue weighted by atomic mass is 9.99. The van der Waals surface area contributed by atoms with Gasteiger partial charge in [0.15, 0.2) is 0 Å². The number of carboxylic acids is 1. The van der Waals surface area contributed by atoms with Gasteiger partial charge in [-0.1, -0.05) is 159 Å². The van der Waals surface area contributed by atoms with Gasteiger partial charge in [-0.25, -0.2) is 0 Å². The summed E-state index contributed by atoms with van der Waals surface area (Å²) in [6.07, 6.45) is 13.0. The fraction of sp³-hybridized carbons (Fsp3) is 0.681. The van der Waals surface area contributed by atoms with Gasteiger partial charge >= 0.3 is 11.9 Å². The Balaban J connectivity index is -0.0000000817. The van der Waals surface area contributed by atoms with Gasteiger partial charge in [0, 0.05) is 0 Å². The molecule has 2 fully saturated rings. The lowest BCUT2D eigenvalue weighted by Crippen LogP contribution is -3.00. The van der Waals surface area contributed by atoms with Crippen LogP contribution in [0.3, 0.4) is 0 Å². The third-order valence-electron chi connectivity index (χ3n) is 8.69. The van der Waals surface area contributed by atoms with Gasteiger partial charge in [0.05, 0.1) is 24.7 Å². The summed E-state index contributed by atoms with van der Waals surface area (Å²) in [5.74, 6) is 0.00931. The molecule has 6 heteroatoms. The maximum atomic E-state index is 11.5. The van der Waals surface area contributed by atoms with E-state index in [1.807, 2.05) is 37.3 Å². The molecule has 0 saturated heterocycles. The highest BCUT2D eigenvalue weighted by Gasteiger charge is 2.46. The predicted octanol–water partition coefficient (Wildman–Crippen LogP) is 12.0. The zero-order valence-corrected chi connectivity index (χ0v) is 32.7. The highest BCUT2D eigenvalue weighted by molar-refractivity contribution is 5.79. The van der Waals surface area contributed by atoms with Crippen LogP contribution in [0, 0.1) is 17.8 Å². The van der Waals surface area contributed by atoms with Crippen molar-refractivity contribution in [1.82, 2.24) is 4.90 Å². The number of hydrogen-bond donors (Lipinski definition) is 1. The van der Waals surface area contributed by atoms with Crippen LogP contribution in [0.4, 0.5) is 0 Å². The van der Waals surface area contributed by atoms with Crippen LogP contribution >= 0.6 is 0 Å². The van der Waals surface area contributed by atoms with Gasteiger partial charge in [-0.3, -0.25) is 9.59 Å². The van der Waals surface area contributed by atoms with Crippen LogP contribution in [0.15, 0.2) is 60.7 Å². The van der Waals surface area contributed by atoms with E-state index < -0.39 is 5.97 Å². The summed E-state index contributed by atoms with van der Waals surface area (Å²) >= 11 is 0. The van der Waals surface area contributed by atoms with Crippen LogP contribution in [-0.4, -0.2) is 41.6 Å². The number of nitrogens with zero attached hydrogens (tertiary/aromatic N) is 1. The number of carbonyl (C=O) groups is 2. The molecule has 316 valence electrons. The van der Waals surface area contributed by atoms with E-state index >= 15 is 0 Å². The number of benzene rings is 2. The second-order valence-corrected chi connectivity index (χ2v) is 13.1. The number of ether oxygens (including phenoxy) is 1. The highest BCUT2D eigenvalue weighted by atomic mass is 79.9. The van der Waals surface area contributed by atoms with E-state index in [2.05, 4.69) is 76.8 Å². The van der Waals surface area contributed by atoms with Crippen LogP contribution < -0.4 is 17.0 Å². The third-order valence-corrected chi connectivity index (χ3v) is 8.69. The van der Waals surface area contributed by atoms with Gasteiger partial charge in [0.2, 0.25) is 0 Å². The number of carboxylic acid groups (broad SMARTS) is 1. The lowest BCUT2D eigenvalue weighted by Gasteiger charge is -2.21. The molecule has 0 radical (unpaired) electrons. The Bertz CT molecular complexity index is 1000. The van der Waals surface area contributed by atoms with Crippen molar-refractivity contribution in [2.75, 3.05) is 19.6 Å². The first-order valence-corrected chi connectivity index (χ1v) is 18.0. The summed E-state index contributed by atoms with van der Waals surface area (Å²) in [5, 5.41) is 8.31. The largest absolute Gasteiger partial charge is 1.00 e. The van der Waals surface area contributed by atoms with E-state index in [1.54, 1.807) is 13.8 Å². The van der Waals surface area contributed by atoms with Crippen molar-refractivity contribution >= 4 is 11.9 Å². The molecule has 2 aromatic carbocycles. The summed E-state index contributed by atoms with van der Waals surface area (Å²) in [4.78, 5) is 24.2. The van der Waals surface area contributed by atoms with Crippen molar-refractivity contribution in [3.8, 4) is 0 Å². The SMILES string of the molecule is C.C.C.C.C.C.CC1(C(=O)O)CC1.CC1(C(=O)OCc2ccccc2)CC1.CCC(C)c1ccccc1.CCCCN(CCCC)CCCC.[Br-].[CH2+]C. The first-order valence-electron chi connectivity index (χ1n) is 18.0. The molecule has 2 saturated carbocycles. The van der Waals surface area contributed by atoms with Gasteiger partial charge in [-0.15, -0.1) is 0 Å². The summed E-state index contributed by atoms with van der Waals surface area (Å²) in [6, 6.07) is 20.4. The topological polar surface area (TPSA) is 66.8 Å². The number of hydrogen-bond acceptors (Lipinski definition) is 4. The van der Waals surface area contributed by atoms with Crippen LogP contribution in [0.5, 0.6) is 0 Å². The average Bonchev–Trinajstić information content (AvgIpc) is 4.03. The predicted molar refractivity (Wildman–Crippen MR) is 236 cm³/mol. The zero-order chi connectivity index (χ0) is 34.8. The number of aliphatic carboxylic acids is 1. The molecule has 0 aliphatic heterocycles. The molecule has 0 bridgehead atoms. The van der Waals surface area contributed by atoms with Crippen LogP contribution in [0.1, 0.15) is 188 Å². The zero-order valence-electron chi connectivity index (χ0n) is 31.2. The van der Waals surface area contributed by atoms with Gasteiger partial charge in [0.25, 0.3) is 0 Å². The Hall–Kier alpha value is -2.31. The third kappa shape index (κ3) is 32.8. The Labute approximate surface area is 344 Å². The van der Waals surface area contributed by atoms with Crippen molar-refractivity contribution < 1.29 is 36.4 Å². The average molecular weight is 815 g/mol. The summed E-state index contributed by atoms with van der Waals surface area (Å²) in [7, 11) is 0. The second-order valence-electron chi connectivity index (χ2n) is 13.1. The number of carbonyl (C=O) groups excluding carboxylic acids is 1. The molecule has 53 heavy (non-hydrogen) atoms. The fourth-order valence-electron chi connectivity index (χ4n) is 4.19. The molecule has 4 rings (SSSR count). The van der Waals surface area contributed by atoms with Gasteiger partial charge < -0.3 is 31.7 Å². The van der Waals surface area contributed by atoms with Crippen molar-refractivity contribution in [2.45, 2.75) is 183 Å². The van der Waals surface area contributed by atoms with E-state index in [9.17, 15) is 9.59 Å². The quantitative estimate of drug-likeness (QED) is 0.143. The molecule has 2 aromatic rings. The molecule has 0 amide bonds. The minimum Gasteiger partial charge on any atom is -1.00 e. The maximum absolute atomic E-state index is 11.5.